The standard InChI is InChI=1S/C12H14BrN3O2S2/c1-14-12-4-3-10(6-15-12)20(17,18)16(2)7-9-5-11(13)19-8-9/h3-6,8H,7H2,1-2H3,(H,14,15). The zero-order chi connectivity index (χ0) is 14.8. The normalized spacial score (nSPS) is 11.8. The van der Waals surface area contributed by atoms with Gasteiger partial charge in [0.1, 0.15) is 10.7 Å². The molecule has 2 aromatic heterocycles. The molecule has 2 heterocycles. The number of anilines is 1. The number of hydrogen-bond acceptors (Lipinski definition) is 5. The number of sulfonamides is 1. The van der Waals surface area contributed by atoms with Gasteiger partial charge in [0.2, 0.25) is 10.0 Å². The molecule has 0 aliphatic rings. The molecule has 108 valence electrons. The van der Waals surface area contributed by atoms with Crippen molar-refractivity contribution in [2.45, 2.75) is 11.4 Å². The second kappa shape index (κ2) is 6.21. The molecule has 0 aromatic carbocycles. The van der Waals surface area contributed by atoms with Crippen molar-refractivity contribution < 1.29 is 8.42 Å². The number of aromatic nitrogens is 1. The van der Waals surface area contributed by atoms with Crippen molar-refractivity contribution in [2.75, 3.05) is 19.4 Å². The molecule has 20 heavy (non-hydrogen) atoms. The third kappa shape index (κ3) is 3.38. The predicted octanol–water partition coefficient (Wildman–Crippen LogP) is 2.77. The highest BCUT2D eigenvalue weighted by atomic mass is 79.9. The monoisotopic (exact) mass is 375 g/mol. The van der Waals surface area contributed by atoms with Crippen LogP contribution in [0.3, 0.4) is 0 Å². The van der Waals surface area contributed by atoms with Gasteiger partial charge in [0, 0.05) is 26.8 Å². The third-order valence-electron chi connectivity index (χ3n) is 2.73. The van der Waals surface area contributed by atoms with Crippen LogP contribution in [0.5, 0.6) is 0 Å². The fraction of sp³-hybridized carbons (Fsp3) is 0.250. The van der Waals surface area contributed by atoms with E-state index in [-0.39, 0.29) is 4.90 Å². The van der Waals surface area contributed by atoms with Gasteiger partial charge in [0.25, 0.3) is 0 Å². The largest absolute Gasteiger partial charge is 0.373 e. The molecule has 2 aromatic rings. The Morgan fingerprint density at radius 1 is 1.45 bits per heavy atom. The quantitative estimate of drug-likeness (QED) is 0.872. The molecule has 0 aliphatic carbocycles. The fourth-order valence-corrected chi connectivity index (χ4v) is 3.94. The summed E-state index contributed by atoms with van der Waals surface area (Å²) in [6.07, 6.45) is 1.36. The maximum Gasteiger partial charge on any atom is 0.244 e. The van der Waals surface area contributed by atoms with Crippen LogP contribution in [0.25, 0.3) is 0 Å². The molecule has 0 unspecified atom stereocenters. The third-order valence-corrected chi connectivity index (χ3v) is 6.07. The van der Waals surface area contributed by atoms with Gasteiger partial charge in [-0.05, 0) is 45.1 Å². The summed E-state index contributed by atoms with van der Waals surface area (Å²) in [6, 6.07) is 5.11. The molecule has 0 fully saturated rings. The Hall–Kier alpha value is -0.960. The number of nitrogens with one attached hydrogen (secondary N) is 1. The number of hydrogen-bond donors (Lipinski definition) is 1. The highest BCUT2D eigenvalue weighted by Gasteiger charge is 2.21. The van der Waals surface area contributed by atoms with Gasteiger partial charge in [0.05, 0.1) is 3.79 Å². The molecular formula is C12H14BrN3O2S2. The van der Waals surface area contributed by atoms with E-state index in [2.05, 4.69) is 26.2 Å². The van der Waals surface area contributed by atoms with Crippen LogP contribution in [0, 0.1) is 0 Å². The number of halogens is 1. The summed E-state index contributed by atoms with van der Waals surface area (Å²) < 4.78 is 27.1. The highest BCUT2D eigenvalue weighted by molar-refractivity contribution is 9.11. The zero-order valence-electron chi connectivity index (χ0n) is 11.0. The molecule has 8 heteroatoms. The van der Waals surface area contributed by atoms with Crippen LogP contribution in [0.4, 0.5) is 5.82 Å². The van der Waals surface area contributed by atoms with E-state index in [9.17, 15) is 8.42 Å². The molecule has 0 radical (unpaired) electrons. The SMILES string of the molecule is CNc1ccc(S(=O)(=O)N(C)Cc2csc(Br)c2)cn1. The second-order valence-corrected chi connectivity index (χ2v) is 8.48. The van der Waals surface area contributed by atoms with E-state index in [1.807, 2.05) is 11.4 Å². The summed E-state index contributed by atoms with van der Waals surface area (Å²) in [5.74, 6) is 0.633. The first-order valence-electron chi connectivity index (χ1n) is 5.76. The van der Waals surface area contributed by atoms with Crippen molar-refractivity contribution in [2.24, 2.45) is 0 Å². The van der Waals surface area contributed by atoms with Crippen molar-refractivity contribution in [1.82, 2.24) is 9.29 Å². The van der Waals surface area contributed by atoms with E-state index < -0.39 is 10.0 Å². The number of thiophene rings is 1. The first-order chi connectivity index (χ1) is 9.43. The summed E-state index contributed by atoms with van der Waals surface area (Å²) >= 11 is 4.90. The molecule has 0 spiro atoms. The van der Waals surface area contributed by atoms with Crippen molar-refractivity contribution in [3.8, 4) is 0 Å². The lowest BCUT2D eigenvalue weighted by molar-refractivity contribution is 0.467. The van der Waals surface area contributed by atoms with Crippen LogP contribution in [-0.4, -0.2) is 31.8 Å². The lowest BCUT2D eigenvalue weighted by atomic mass is 10.3. The minimum Gasteiger partial charge on any atom is -0.373 e. The first-order valence-corrected chi connectivity index (χ1v) is 8.88. The summed E-state index contributed by atoms with van der Waals surface area (Å²) in [5.41, 5.74) is 0.952. The first kappa shape index (κ1) is 15.4. The van der Waals surface area contributed by atoms with Crippen LogP contribution in [0.2, 0.25) is 0 Å². The number of pyridine rings is 1. The number of nitrogens with zero attached hydrogens (tertiary/aromatic N) is 2. The maximum absolute atomic E-state index is 12.4. The Morgan fingerprint density at radius 3 is 2.70 bits per heavy atom. The Labute approximate surface area is 130 Å². The van der Waals surface area contributed by atoms with Gasteiger partial charge in [-0.1, -0.05) is 0 Å². The van der Waals surface area contributed by atoms with Gasteiger partial charge in [-0.25, -0.2) is 13.4 Å². The summed E-state index contributed by atoms with van der Waals surface area (Å²) in [4.78, 5) is 4.22. The van der Waals surface area contributed by atoms with E-state index in [4.69, 9.17) is 0 Å². The molecule has 1 N–H and O–H groups in total. The molecule has 5 nitrogen and oxygen atoms in total. The number of rotatable bonds is 5. The average Bonchev–Trinajstić information content (AvgIpc) is 2.84. The van der Waals surface area contributed by atoms with Crippen LogP contribution >= 0.6 is 27.3 Å². The van der Waals surface area contributed by atoms with Crippen molar-refractivity contribution in [3.05, 3.63) is 39.1 Å². The highest BCUT2D eigenvalue weighted by Crippen LogP contribution is 2.23. The van der Waals surface area contributed by atoms with Gasteiger partial charge in [-0.15, -0.1) is 11.3 Å². The van der Waals surface area contributed by atoms with Gasteiger partial charge in [-0.3, -0.25) is 0 Å². The second-order valence-electron chi connectivity index (χ2n) is 4.15. The van der Waals surface area contributed by atoms with Gasteiger partial charge in [-0.2, -0.15) is 4.31 Å². The van der Waals surface area contributed by atoms with Crippen molar-refractivity contribution in [3.63, 3.8) is 0 Å². The minimum absolute atomic E-state index is 0.188. The van der Waals surface area contributed by atoms with Gasteiger partial charge < -0.3 is 5.32 Å². The van der Waals surface area contributed by atoms with Crippen molar-refractivity contribution in [1.29, 1.82) is 0 Å². The topological polar surface area (TPSA) is 62.3 Å². The van der Waals surface area contributed by atoms with E-state index >= 15 is 0 Å². The van der Waals surface area contributed by atoms with E-state index in [1.165, 1.54) is 21.8 Å². The molecule has 0 saturated heterocycles. The molecule has 0 aliphatic heterocycles. The van der Waals surface area contributed by atoms with Crippen LogP contribution < -0.4 is 5.32 Å². The summed E-state index contributed by atoms with van der Waals surface area (Å²) in [7, 11) is -0.225. The molecule has 0 amide bonds. The van der Waals surface area contributed by atoms with E-state index in [1.54, 1.807) is 26.2 Å². The molecular weight excluding hydrogens is 362 g/mol. The van der Waals surface area contributed by atoms with Gasteiger partial charge in [0.15, 0.2) is 0 Å². The van der Waals surface area contributed by atoms with Crippen LogP contribution in [-0.2, 0) is 16.6 Å². The Bertz CT molecular complexity index is 683. The average molecular weight is 376 g/mol. The van der Waals surface area contributed by atoms with Crippen LogP contribution in [0.1, 0.15) is 5.56 Å². The maximum atomic E-state index is 12.4. The van der Waals surface area contributed by atoms with E-state index in [0.717, 1.165) is 9.35 Å². The lowest BCUT2D eigenvalue weighted by Gasteiger charge is -2.16. The molecule has 2 rings (SSSR count). The fourth-order valence-electron chi connectivity index (χ4n) is 1.63. The molecule has 0 bridgehead atoms. The molecule has 0 atom stereocenters. The Morgan fingerprint density at radius 2 is 2.20 bits per heavy atom. The Kier molecular flexibility index (Phi) is 4.79. The molecule has 0 saturated carbocycles. The Balaban J connectivity index is 2.19. The van der Waals surface area contributed by atoms with Gasteiger partial charge >= 0.3 is 0 Å². The summed E-state index contributed by atoms with van der Waals surface area (Å²) in [6.45, 7) is 0.332. The summed E-state index contributed by atoms with van der Waals surface area (Å²) in [5, 5.41) is 4.78. The minimum atomic E-state index is -3.52. The zero-order valence-corrected chi connectivity index (χ0v) is 14.2. The van der Waals surface area contributed by atoms with Crippen LogP contribution in [0.15, 0.2) is 38.5 Å². The lowest BCUT2D eigenvalue weighted by Crippen LogP contribution is -2.26. The van der Waals surface area contributed by atoms with E-state index in [0.29, 0.717) is 12.4 Å². The van der Waals surface area contributed by atoms with Crippen molar-refractivity contribution >= 4 is 43.1 Å². The predicted molar refractivity (Wildman–Crippen MR) is 84.5 cm³/mol. The smallest absolute Gasteiger partial charge is 0.244 e.